The molecule has 2 nitrogen and oxygen atoms in total. The number of thioether (sulfide) groups is 1. The summed E-state index contributed by atoms with van der Waals surface area (Å²) in [6.07, 6.45) is 0. The molecule has 0 saturated heterocycles. The van der Waals surface area contributed by atoms with E-state index in [-0.39, 0.29) is 5.78 Å². The quantitative estimate of drug-likeness (QED) is 0.694. The van der Waals surface area contributed by atoms with Crippen LogP contribution < -0.4 is 4.74 Å². The van der Waals surface area contributed by atoms with Crippen LogP contribution in [0.5, 0.6) is 5.75 Å². The van der Waals surface area contributed by atoms with Crippen LogP contribution >= 0.6 is 11.8 Å². The summed E-state index contributed by atoms with van der Waals surface area (Å²) < 4.78 is 5.75. The number of hydrogen-bond acceptors (Lipinski definition) is 3. The fourth-order valence-corrected chi connectivity index (χ4v) is 2.20. The van der Waals surface area contributed by atoms with Gasteiger partial charge in [0.2, 0.25) is 0 Å². The third-order valence-corrected chi connectivity index (χ3v) is 3.65. The average Bonchev–Trinajstić information content (AvgIpc) is 2.34. The molecule has 0 aromatic heterocycles. The van der Waals surface area contributed by atoms with Crippen molar-refractivity contribution in [2.75, 3.05) is 12.4 Å². The van der Waals surface area contributed by atoms with Gasteiger partial charge in [-0.25, -0.2) is 0 Å². The molecule has 0 saturated carbocycles. The maximum atomic E-state index is 12.3. The Hall–Kier alpha value is -0.960. The van der Waals surface area contributed by atoms with Gasteiger partial charge in [0.15, 0.2) is 5.78 Å². The number of carbonyl (C=O) groups is 1. The number of carbonyl (C=O) groups excluding carboxylic acids is 1. The molecule has 0 N–H and O–H groups in total. The predicted molar refractivity (Wildman–Crippen MR) is 83.4 cm³/mol. The Morgan fingerprint density at radius 1 is 1.26 bits per heavy atom. The number of benzene rings is 1. The van der Waals surface area contributed by atoms with E-state index in [4.69, 9.17) is 4.74 Å². The van der Waals surface area contributed by atoms with Crippen molar-refractivity contribution in [2.24, 2.45) is 5.92 Å². The lowest BCUT2D eigenvalue weighted by Crippen LogP contribution is -2.11. The lowest BCUT2D eigenvalue weighted by molar-refractivity contribution is 0.101. The van der Waals surface area contributed by atoms with Crippen LogP contribution in [0.15, 0.2) is 18.2 Å². The number of rotatable bonds is 7. The molecular formula is C16H24O2S. The standard InChI is InChI=1S/C16H24O2S/c1-11(2)9-18-16-7-6-13(5)8-14(16)15(17)10-19-12(3)4/h6-8,11-12H,9-10H2,1-5H3. The van der Waals surface area contributed by atoms with Gasteiger partial charge in [-0.2, -0.15) is 11.8 Å². The van der Waals surface area contributed by atoms with E-state index >= 15 is 0 Å². The summed E-state index contributed by atoms with van der Waals surface area (Å²) in [4.78, 5) is 12.3. The summed E-state index contributed by atoms with van der Waals surface area (Å²) in [6.45, 7) is 11.0. The van der Waals surface area contributed by atoms with Crippen LogP contribution in [-0.2, 0) is 0 Å². The molecule has 0 radical (unpaired) electrons. The summed E-state index contributed by atoms with van der Waals surface area (Å²) in [7, 11) is 0. The Bertz CT molecular complexity index is 425. The first-order chi connectivity index (χ1) is 8.90. The van der Waals surface area contributed by atoms with E-state index in [1.54, 1.807) is 11.8 Å². The molecule has 0 aliphatic rings. The number of ketones is 1. The average molecular weight is 280 g/mol. The molecule has 0 spiro atoms. The van der Waals surface area contributed by atoms with Crippen molar-refractivity contribution in [3.63, 3.8) is 0 Å². The minimum atomic E-state index is 0.154. The van der Waals surface area contributed by atoms with Gasteiger partial charge in [0, 0.05) is 0 Å². The summed E-state index contributed by atoms with van der Waals surface area (Å²) in [5, 5.41) is 0.466. The van der Waals surface area contributed by atoms with Crippen LogP contribution in [0.2, 0.25) is 0 Å². The van der Waals surface area contributed by atoms with Gasteiger partial charge < -0.3 is 4.74 Å². The van der Waals surface area contributed by atoms with E-state index in [9.17, 15) is 4.79 Å². The Morgan fingerprint density at radius 3 is 2.53 bits per heavy atom. The van der Waals surface area contributed by atoms with Crippen molar-refractivity contribution < 1.29 is 9.53 Å². The van der Waals surface area contributed by atoms with Crippen molar-refractivity contribution in [1.82, 2.24) is 0 Å². The molecule has 1 rings (SSSR count). The van der Waals surface area contributed by atoms with E-state index < -0.39 is 0 Å². The zero-order valence-corrected chi connectivity index (χ0v) is 13.3. The van der Waals surface area contributed by atoms with Gasteiger partial charge >= 0.3 is 0 Å². The molecule has 1 aromatic carbocycles. The largest absolute Gasteiger partial charge is 0.493 e. The molecule has 0 aliphatic carbocycles. The highest BCUT2D eigenvalue weighted by atomic mass is 32.2. The molecule has 0 bridgehead atoms. The number of Topliss-reactive ketones (excluding diaryl/α,β-unsaturated/α-hetero) is 1. The van der Waals surface area contributed by atoms with E-state index in [2.05, 4.69) is 27.7 Å². The maximum Gasteiger partial charge on any atom is 0.176 e. The second-order valence-corrected chi connectivity index (χ2v) is 7.05. The van der Waals surface area contributed by atoms with Crippen molar-refractivity contribution in [1.29, 1.82) is 0 Å². The first-order valence-corrected chi connectivity index (χ1v) is 7.83. The second kappa shape index (κ2) is 7.59. The minimum Gasteiger partial charge on any atom is -0.493 e. The van der Waals surface area contributed by atoms with Gasteiger partial charge in [-0.15, -0.1) is 0 Å². The maximum absolute atomic E-state index is 12.3. The molecule has 0 heterocycles. The van der Waals surface area contributed by atoms with Crippen molar-refractivity contribution in [3.05, 3.63) is 29.3 Å². The van der Waals surface area contributed by atoms with Gasteiger partial charge in [0.1, 0.15) is 5.75 Å². The van der Waals surface area contributed by atoms with E-state index in [1.807, 2.05) is 25.1 Å². The summed E-state index contributed by atoms with van der Waals surface area (Å²) in [6, 6.07) is 5.83. The van der Waals surface area contributed by atoms with Gasteiger partial charge in [0.25, 0.3) is 0 Å². The molecule has 0 amide bonds. The first-order valence-electron chi connectivity index (χ1n) is 6.78. The highest BCUT2D eigenvalue weighted by Gasteiger charge is 2.14. The Balaban J connectivity index is 2.83. The molecule has 19 heavy (non-hydrogen) atoms. The van der Waals surface area contributed by atoms with Crippen molar-refractivity contribution in [3.8, 4) is 5.75 Å². The lowest BCUT2D eigenvalue weighted by atomic mass is 10.1. The topological polar surface area (TPSA) is 26.3 Å². The van der Waals surface area contributed by atoms with Crippen LogP contribution in [0.25, 0.3) is 0 Å². The first kappa shape index (κ1) is 16.1. The van der Waals surface area contributed by atoms with Crippen LogP contribution in [-0.4, -0.2) is 23.4 Å². The highest BCUT2D eigenvalue weighted by Crippen LogP contribution is 2.23. The van der Waals surface area contributed by atoms with Crippen molar-refractivity contribution >= 4 is 17.5 Å². The van der Waals surface area contributed by atoms with E-state index in [0.29, 0.717) is 34.8 Å². The van der Waals surface area contributed by atoms with Crippen molar-refractivity contribution in [2.45, 2.75) is 39.9 Å². The normalized spacial score (nSPS) is 11.1. The number of ether oxygens (including phenoxy) is 1. The van der Waals surface area contributed by atoms with Gasteiger partial charge in [-0.05, 0) is 30.2 Å². The third kappa shape index (κ3) is 5.68. The second-order valence-electron chi connectivity index (χ2n) is 5.49. The summed E-state index contributed by atoms with van der Waals surface area (Å²) >= 11 is 1.67. The zero-order chi connectivity index (χ0) is 14.4. The Morgan fingerprint density at radius 2 is 1.95 bits per heavy atom. The molecule has 0 unspecified atom stereocenters. The monoisotopic (exact) mass is 280 g/mol. The smallest absolute Gasteiger partial charge is 0.176 e. The molecule has 3 heteroatoms. The van der Waals surface area contributed by atoms with Crippen LogP contribution in [0.4, 0.5) is 0 Å². The molecule has 0 fully saturated rings. The summed E-state index contributed by atoms with van der Waals surface area (Å²) in [5.74, 6) is 1.84. The number of aryl methyl sites for hydroxylation is 1. The van der Waals surface area contributed by atoms with Gasteiger partial charge in [-0.3, -0.25) is 4.79 Å². The molecular weight excluding hydrogens is 256 g/mol. The Labute approximate surface area is 120 Å². The number of hydrogen-bond donors (Lipinski definition) is 0. The lowest BCUT2D eigenvalue weighted by Gasteiger charge is -2.13. The molecule has 1 aromatic rings. The van der Waals surface area contributed by atoms with E-state index in [1.165, 1.54) is 0 Å². The molecule has 106 valence electrons. The van der Waals surface area contributed by atoms with Gasteiger partial charge in [-0.1, -0.05) is 39.3 Å². The van der Waals surface area contributed by atoms with E-state index in [0.717, 1.165) is 5.56 Å². The highest BCUT2D eigenvalue weighted by molar-refractivity contribution is 8.00. The molecule has 0 aliphatic heterocycles. The minimum absolute atomic E-state index is 0.154. The molecule has 0 atom stereocenters. The Kier molecular flexibility index (Phi) is 6.43. The summed E-state index contributed by atoms with van der Waals surface area (Å²) in [5.41, 5.74) is 1.81. The fourth-order valence-electron chi connectivity index (χ4n) is 1.56. The van der Waals surface area contributed by atoms with Gasteiger partial charge in [0.05, 0.1) is 17.9 Å². The SMILES string of the molecule is Cc1ccc(OCC(C)C)c(C(=O)CSC(C)C)c1. The third-order valence-electron chi connectivity index (χ3n) is 2.56. The predicted octanol–water partition coefficient (Wildman–Crippen LogP) is 4.35. The van der Waals surface area contributed by atoms with Crippen LogP contribution in [0.3, 0.4) is 0 Å². The van der Waals surface area contributed by atoms with Crippen LogP contribution in [0, 0.1) is 12.8 Å². The fraction of sp³-hybridized carbons (Fsp3) is 0.562. The zero-order valence-electron chi connectivity index (χ0n) is 12.5. The van der Waals surface area contributed by atoms with Crippen LogP contribution in [0.1, 0.15) is 43.6 Å².